The summed E-state index contributed by atoms with van der Waals surface area (Å²) in [6, 6.07) is 2.67. The molecule has 1 aromatic rings. The number of rotatable bonds is 8. The quantitative estimate of drug-likeness (QED) is 0.197. The van der Waals surface area contributed by atoms with Crippen molar-refractivity contribution in [2.75, 3.05) is 18.9 Å². The van der Waals surface area contributed by atoms with E-state index in [2.05, 4.69) is 36.3 Å². The van der Waals surface area contributed by atoms with Gasteiger partial charge in [-0.1, -0.05) is 48.4 Å². The molecular formula is C33H42N3O8-. The van der Waals surface area contributed by atoms with Gasteiger partial charge >= 0.3 is 5.97 Å². The molecule has 44 heavy (non-hydrogen) atoms. The van der Waals surface area contributed by atoms with Gasteiger partial charge in [-0.3, -0.25) is 15.2 Å². The topological polar surface area (TPSA) is 164 Å². The van der Waals surface area contributed by atoms with Gasteiger partial charge in [0, 0.05) is 11.8 Å². The van der Waals surface area contributed by atoms with Crippen LogP contribution in [0.3, 0.4) is 0 Å². The molecule has 0 bridgehead atoms. The van der Waals surface area contributed by atoms with Crippen molar-refractivity contribution < 1.29 is 39.8 Å². The lowest BCUT2D eigenvalue weighted by molar-refractivity contribution is -0.268. The third kappa shape index (κ3) is 5.55. The Morgan fingerprint density at radius 3 is 2.64 bits per heavy atom. The fourth-order valence-electron chi connectivity index (χ4n) is 8.72. The molecule has 0 heterocycles. The van der Waals surface area contributed by atoms with Crippen LogP contribution in [-0.4, -0.2) is 58.5 Å². The van der Waals surface area contributed by atoms with E-state index < -0.39 is 35.9 Å². The highest BCUT2D eigenvalue weighted by atomic mass is 16.8. The zero-order chi connectivity index (χ0) is 31.9. The summed E-state index contributed by atoms with van der Waals surface area (Å²) in [7, 11) is 1.19. The number of oxime groups is 1. The fraction of sp³-hybridized carbons (Fsp3) is 0.606. The monoisotopic (exact) mass is 608 g/mol. The number of ether oxygens (including phenoxy) is 1. The van der Waals surface area contributed by atoms with Crippen molar-refractivity contribution in [1.82, 2.24) is 5.32 Å². The van der Waals surface area contributed by atoms with E-state index in [9.17, 15) is 30.2 Å². The minimum absolute atomic E-state index is 0.0527. The SMILES string of the molecule is C#C[C@@]1(O)CCC2C3CCC4=C/C(=N\OCC(=O)NC(Cc5ccc([O-])c(N(O)O)c5)C(=O)OC)CC[C@]4(C)C3CC[C@@]21C. The Labute approximate surface area is 257 Å². The first-order chi connectivity index (χ1) is 20.8. The number of hydrogen-bond acceptors (Lipinski definition) is 10. The predicted molar refractivity (Wildman–Crippen MR) is 158 cm³/mol. The van der Waals surface area contributed by atoms with Crippen molar-refractivity contribution in [1.29, 1.82) is 0 Å². The summed E-state index contributed by atoms with van der Waals surface area (Å²) >= 11 is 0. The number of esters is 1. The van der Waals surface area contributed by atoms with Crippen molar-refractivity contribution in [2.45, 2.75) is 83.3 Å². The second-order valence-corrected chi connectivity index (χ2v) is 13.3. The van der Waals surface area contributed by atoms with E-state index in [1.807, 2.05) is 0 Å². The zero-order valence-corrected chi connectivity index (χ0v) is 25.5. The van der Waals surface area contributed by atoms with Gasteiger partial charge < -0.3 is 25.1 Å². The molecule has 4 unspecified atom stereocenters. The minimum atomic E-state index is -1.10. The second kappa shape index (κ2) is 12.1. The number of carbonyl (C=O) groups excluding carboxylic acids is 2. The van der Waals surface area contributed by atoms with Gasteiger partial charge in [-0.05, 0) is 92.2 Å². The lowest BCUT2D eigenvalue weighted by atomic mass is 9.46. The Morgan fingerprint density at radius 1 is 1.18 bits per heavy atom. The Bertz CT molecular complexity index is 1400. The highest BCUT2D eigenvalue weighted by Crippen LogP contribution is 2.67. The van der Waals surface area contributed by atoms with Gasteiger partial charge in [0.15, 0.2) is 6.61 Å². The van der Waals surface area contributed by atoms with Gasteiger partial charge in [0.2, 0.25) is 0 Å². The fourth-order valence-corrected chi connectivity index (χ4v) is 8.72. The van der Waals surface area contributed by atoms with Crippen LogP contribution >= 0.6 is 0 Å². The second-order valence-electron chi connectivity index (χ2n) is 13.3. The molecule has 4 N–H and O–H groups in total. The molecule has 11 nitrogen and oxygen atoms in total. The highest BCUT2D eigenvalue weighted by Gasteiger charge is 2.63. The lowest BCUT2D eigenvalue weighted by Crippen LogP contribution is -2.54. The normalized spacial score (nSPS) is 34.0. The number of aliphatic hydroxyl groups is 1. The van der Waals surface area contributed by atoms with Gasteiger partial charge in [-0.2, -0.15) is 0 Å². The van der Waals surface area contributed by atoms with Crippen LogP contribution in [0.15, 0.2) is 35.0 Å². The molecule has 1 aromatic carbocycles. The van der Waals surface area contributed by atoms with E-state index in [1.165, 1.54) is 24.8 Å². The van der Waals surface area contributed by atoms with Crippen molar-refractivity contribution in [3.63, 3.8) is 0 Å². The minimum Gasteiger partial charge on any atom is -0.871 e. The molecule has 0 spiro atoms. The molecule has 0 radical (unpaired) electrons. The Morgan fingerprint density at radius 2 is 1.93 bits per heavy atom. The first kappa shape index (κ1) is 31.8. The van der Waals surface area contributed by atoms with Gasteiger partial charge in [0.25, 0.3) is 5.91 Å². The maximum absolute atomic E-state index is 12.7. The molecule has 11 heteroatoms. The molecule has 0 aromatic heterocycles. The van der Waals surface area contributed by atoms with E-state index in [-0.39, 0.29) is 28.2 Å². The number of allylic oxidation sites excluding steroid dienone is 2. The van der Waals surface area contributed by atoms with E-state index in [4.69, 9.17) is 16.0 Å². The van der Waals surface area contributed by atoms with E-state index in [0.29, 0.717) is 29.7 Å². The average molecular weight is 609 g/mol. The summed E-state index contributed by atoms with van der Waals surface area (Å²) in [5.74, 6) is 2.33. The maximum Gasteiger partial charge on any atom is 0.328 e. The molecule has 1 amide bonds. The van der Waals surface area contributed by atoms with E-state index in [1.54, 1.807) is 0 Å². The number of anilines is 1. The van der Waals surface area contributed by atoms with Crippen LogP contribution in [0.4, 0.5) is 5.69 Å². The Hall–Kier alpha value is -3.59. The van der Waals surface area contributed by atoms with Gasteiger partial charge in [0.05, 0.1) is 18.5 Å². The summed E-state index contributed by atoms with van der Waals surface area (Å²) in [6.07, 6.45) is 15.2. The number of benzene rings is 1. The summed E-state index contributed by atoms with van der Waals surface area (Å²) in [6.45, 7) is 4.15. The Kier molecular flexibility index (Phi) is 8.73. The van der Waals surface area contributed by atoms with Crippen LogP contribution < -0.4 is 15.6 Å². The summed E-state index contributed by atoms with van der Waals surface area (Å²) in [4.78, 5) is 30.4. The van der Waals surface area contributed by atoms with Crippen molar-refractivity contribution in [2.24, 2.45) is 33.7 Å². The van der Waals surface area contributed by atoms with Gasteiger partial charge in [-0.15, -0.1) is 11.6 Å². The highest BCUT2D eigenvalue weighted by molar-refractivity contribution is 5.96. The number of methoxy groups -OCH3 is 1. The van der Waals surface area contributed by atoms with Crippen molar-refractivity contribution in [3.05, 3.63) is 35.4 Å². The number of hydrogen-bond donors (Lipinski definition) is 4. The molecule has 5 rings (SSSR count). The smallest absolute Gasteiger partial charge is 0.328 e. The van der Waals surface area contributed by atoms with Crippen molar-refractivity contribution in [3.8, 4) is 18.1 Å². The average Bonchev–Trinajstić information content (AvgIpc) is 3.27. The molecule has 4 aliphatic rings. The third-order valence-corrected chi connectivity index (χ3v) is 11.2. The molecule has 3 saturated carbocycles. The first-order valence-electron chi connectivity index (χ1n) is 15.3. The summed E-state index contributed by atoms with van der Waals surface area (Å²) < 4.78 is 4.81. The standard InChI is InChI=1S/C33H43N3O8/c1-5-33(40)15-12-25-23-8-7-21-18-22(10-13-31(21,2)24(23)11-14-32(25,33)3)35-44-19-29(38)34-26(30(39)43-4)16-20-6-9-28(37)27(17-20)36(41)42/h1,6,9,17-18,23-26,37,40-42H,7-8,10-16,19H2,2-4H3,(H,34,38)/p-1/b35-22-/t23?,24?,25?,26?,31-,32-,33+/m0/s1. The molecule has 3 fully saturated rings. The first-order valence-corrected chi connectivity index (χ1v) is 15.3. The predicted octanol–water partition coefficient (Wildman–Crippen LogP) is 3.25. The number of nitrogens with one attached hydrogen (secondary N) is 1. The number of carbonyl (C=O) groups is 2. The molecule has 0 aliphatic heterocycles. The zero-order valence-electron chi connectivity index (χ0n) is 25.5. The van der Waals surface area contributed by atoms with Crippen LogP contribution in [0.5, 0.6) is 5.75 Å². The lowest BCUT2D eigenvalue weighted by Gasteiger charge is -2.58. The third-order valence-electron chi connectivity index (χ3n) is 11.2. The number of terminal acetylenes is 1. The molecule has 0 saturated heterocycles. The number of amides is 1. The van der Waals surface area contributed by atoms with Crippen LogP contribution in [0, 0.1) is 40.9 Å². The van der Waals surface area contributed by atoms with E-state index >= 15 is 0 Å². The van der Waals surface area contributed by atoms with Crippen LogP contribution in [0.2, 0.25) is 0 Å². The van der Waals surface area contributed by atoms with Gasteiger partial charge in [0.1, 0.15) is 11.6 Å². The van der Waals surface area contributed by atoms with Crippen LogP contribution in [0.1, 0.15) is 70.8 Å². The summed E-state index contributed by atoms with van der Waals surface area (Å²) in [5.41, 5.74) is 0.967. The maximum atomic E-state index is 12.7. The number of nitrogens with zero attached hydrogens (tertiary/aromatic N) is 2. The summed E-state index contributed by atoms with van der Waals surface area (Å²) in [5, 5.41) is 48.0. The van der Waals surface area contributed by atoms with Crippen molar-refractivity contribution >= 4 is 23.3 Å². The molecule has 238 valence electrons. The largest absolute Gasteiger partial charge is 0.871 e. The molecule has 4 aliphatic carbocycles. The molecular weight excluding hydrogens is 566 g/mol. The van der Waals surface area contributed by atoms with Gasteiger partial charge in [-0.25, -0.2) is 4.79 Å². The number of fused-ring (bicyclic) bond motifs is 5. The van der Waals surface area contributed by atoms with Crippen LogP contribution in [-0.2, 0) is 25.6 Å². The van der Waals surface area contributed by atoms with Crippen LogP contribution in [0.25, 0.3) is 0 Å². The van der Waals surface area contributed by atoms with E-state index in [0.717, 1.165) is 56.7 Å². The Balaban J connectivity index is 1.20. The molecule has 7 atom stereocenters.